The molecule has 3 saturated carbocycles. The normalized spacial score (nSPS) is 39.8. The van der Waals surface area contributed by atoms with Gasteiger partial charge in [-0.25, -0.2) is 4.79 Å². The number of hydrogen-bond donors (Lipinski definition) is 3. The zero-order valence-corrected chi connectivity index (χ0v) is 12.3. The number of amides is 2. The summed E-state index contributed by atoms with van der Waals surface area (Å²) >= 11 is 0. The molecule has 0 heterocycles. The summed E-state index contributed by atoms with van der Waals surface area (Å²) in [5, 5.41) is 15.5. The van der Waals surface area contributed by atoms with Crippen LogP contribution < -0.4 is 10.6 Å². The van der Waals surface area contributed by atoms with E-state index < -0.39 is 0 Å². The van der Waals surface area contributed by atoms with Gasteiger partial charge in [0.1, 0.15) is 0 Å². The lowest BCUT2D eigenvalue weighted by atomic mass is 9.86. The number of aliphatic hydroxyl groups excluding tert-OH is 1. The fourth-order valence-corrected chi connectivity index (χ4v) is 4.56. The lowest BCUT2D eigenvalue weighted by molar-refractivity contribution is 0.117. The minimum Gasteiger partial charge on any atom is -0.393 e. The van der Waals surface area contributed by atoms with Crippen LogP contribution in [0, 0.1) is 17.8 Å². The molecule has 2 bridgehead atoms. The van der Waals surface area contributed by atoms with Crippen LogP contribution in [0.2, 0.25) is 0 Å². The van der Waals surface area contributed by atoms with Gasteiger partial charge >= 0.3 is 6.03 Å². The molecule has 4 nitrogen and oxygen atoms in total. The first-order valence-electron chi connectivity index (χ1n) is 8.43. The summed E-state index contributed by atoms with van der Waals surface area (Å²) in [6, 6.07) is 0.232. The van der Waals surface area contributed by atoms with Crippen LogP contribution in [0.5, 0.6) is 0 Å². The Morgan fingerprint density at radius 1 is 1.05 bits per heavy atom. The van der Waals surface area contributed by atoms with Gasteiger partial charge in [-0.2, -0.15) is 0 Å². The van der Waals surface area contributed by atoms with Crippen molar-refractivity contribution in [1.29, 1.82) is 0 Å². The molecule has 0 saturated heterocycles. The second-order valence-electron chi connectivity index (χ2n) is 7.13. The van der Waals surface area contributed by atoms with Crippen LogP contribution in [0.3, 0.4) is 0 Å². The number of fused-ring (bicyclic) bond motifs is 2. The SMILES string of the molecule is O=C(NCCC1CC2CCC1C2)NC1CCC(O)CC1. The van der Waals surface area contributed by atoms with E-state index in [1.807, 2.05) is 0 Å². The number of aliphatic hydroxyl groups is 1. The number of carbonyl (C=O) groups excluding carboxylic acids is 1. The Hall–Kier alpha value is -0.770. The standard InChI is InChI=1S/C16H28N2O2/c19-15-5-3-14(4-6-15)18-16(20)17-8-7-13-10-11-1-2-12(13)9-11/h11-15,19H,1-10H2,(H2,17,18,20). The maximum atomic E-state index is 11.8. The quantitative estimate of drug-likeness (QED) is 0.740. The summed E-state index contributed by atoms with van der Waals surface area (Å²) in [6.07, 6.45) is 10.1. The Morgan fingerprint density at radius 2 is 1.85 bits per heavy atom. The largest absolute Gasteiger partial charge is 0.393 e. The zero-order valence-electron chi connectivity index (χ0n) is 12.3. The zero-order chi connectivity index (χ0) is 13.9. The predicted molar refractivity (Wildman–Crippen MR) is 78.4 cm³/mol. The van der Waals surface area contributed by atoms with E-state index in [1.54, 1.807) is 0 Å². The third-order valence-corrected chi connectivity index (χ3v) is 5.72. The molecular formula is C16H28N2O2. The first-order valence-corrected chi connectivity index (χ1v) is 8.43. The summed E-state index contributed by atoms with van der Waals surface area (Å²) in [5.41, 5.74) is 0. The average molecular weight is 280 g/mol. The lowest BCUT2D eigenvalue weighted by Crippen LogP contribution is -2.44. The smallest absolute Gasteiger partial charge is 0.315 e. The van der Waals surface area contributed by atoms with Crippen molar-refractivity contribution >= 4 is 6.03 Å². The van der Waals surface area contributed by atoms with Gasteiger partial charge in [0.15, 0.2) is 0 Å². The highest BCUT2D eigenvalue weighted by molar-refractivity contribution is 5.74. The van der Waals surface area contributed by atoms with Crippen LogP contribution in [-0.4, -0.2) is 29.8 Å². The molecule has 3 aliphatic rings. The second-order valence-corrected chi connectivity index (χ2v) is 7.13. The molecule has 20 heavy (non-hydrogen) atoms. The van der Waals surface area contributed by atoms with Crippen molar-refractivity contribution < 1.29 is 9.90 Å². The highest BCUT2D eigenvalue weighted by Crippen LogP contribution is 2.49. The predicted octanol–water partition coefficient (Wildman–Crippen LogP) is 2.42. The Kier molecular flexibility index (Phi) is 4.49. The Balaban J connectivity index is 1.29. The highest BCUT2D eigenvalue weighted by Gasteiger charge is 2.38. The number of rotatable bonds is 4. The van der Waals surface area contributed by atoms with E-state index in [1.165, 1.54) is 25.7 Å². The molecule has 4 heteroatoms. The van der Waals surface area contributed by atoms with E-state index in [2.05, 4.69) is 10.6 Å². The number of nitrogens with one attached hydrogen (secondary N) is 2. The maximum absolute atomic E-state index is 11.8. The van der Waals surface area contributed by atoms with Crippen molar-refractivity contribution in [2.24, 2.45) is 17.8 Å². The molecule has 0 aromatic heterocycles. The van der Waals surface area contributed by atoms with E-state index in [9.17, 15) is 9.90 Å². The minimum atomic E-state index is -0.158. The Morgan fingerprint density at radius 3 is 2.50 bits per heavy atom. The highest BCUT2D eigenvalue weighted by atomic mass is 16.3. The fraction of sp³-hybridized carbons (Fsp3) is 0.938. The third kappa shape index (κ3) is 3.46. The van der Waals surface area contributed by atoms with Crippen molar-refractivity contribution in [3.05, 3.63) is 0 Å². The van der Waals surface area contributed by atoms with Crippen LogP contribution in [0.4, 0.5) is 4.79 Å². The Labute approximate surface area is 121 Å². The molecule has 0 aromatic carbocycles. The lowest BCUT2D eigenvalue weighted by Gasteiger charge is -2.26. The molecule has 3 fully saturated rings. The molecule has 2 amide bonds. The molecule has 0 spiro atoms. The van der Waals surface area contributed by atoms with Crippen molar-refractivity contribution in [1.82, 2.24) is 10.6 Å². The van der Waals surface area contributed by atoms with Gasteiger partial charge in [0.2, 0.25) is 0 Å². The molecular weight excluding hydrogens is 252 g/mol. The molecule has 3 aliphatic carbocycles. The van der Waals surface area contributed by atoms with Gasteiger partial charge in [-0.05, 0) is 69.1 Å². The topological polar surface area (TPSA) is 61.4 Å². The Bertz CT molecular complexity index is 339. The molecule has 114 valence electrons. The van der Waals surface area contributed by atoms with Crippen LogP contribution in [0.1, 0.15) is 57.8 Å². The summed E-state index contributed by atoms with van der Waals surface area (Å²) in [4.78, 5) is 11.8. The first kappa shape index (κ1) is 14.2. The van der Waals surface area contributed by atoms with Crippen LogP contribution in [-0.2, 0) is 0 Å². The van der Waals surface area contributed by atoms with E-state index in [0.29, 0.717) is 0 Å². The molecule has 3 atom stereocenters. The van der Waals surface area contributed by atoms with E-state index >= 15 is 0 Å². The summed E-state index contributed by atoms with van der Waals surface area (Å²) < 4.78 is 0. The minimum absolute atomic E-state index is 0.0189. The molecule has 3 rings (SSSR count). The number of carbonyl (C=O) groups is 1. The van der Waals surface area contributed by atoms with E-state index in [0.717, 1.165) is 56.4 Å². The van der Waals surface area contributed by atoms with Crippen molar-refractivity contribution in [2.75, 3.05) is 6.54 Å². The van der Waals surface area contributed by atoms with Crippen LogP contribution in [0.25, 0.3) is 0 Å². The average Bonchev–Trinajstić information content (AvgIpc) is 3.04. The molecule has 3 unspecified atom stereocenters. The van der Waals surface area contributed by atoms with E-state index in [-0.39, 0.29) is 18.2 Å². The van der Waals surface area contributed by atoms with Gasteiger partial charge in [0.05, 0.1) is 6.10 Å². The van der Waals surface area contributed by atoms with Gasteiger partial charge in [-0.15, -0.1) is 0 Å². The number of urea groups is 1. The fourth-order valence-electron chi connectivity index (χ4n) is 4.56. The van der Waals surface area contributed by atoms with Crippen LogP contribution in [0.15, 0.2) is 0 Å². The number of hydrogen-bond acceptors (Lipinski definition) is 2. The molecule has 0 aromatic rings. The molecule has 3 N–H and O–H groups in total. The van der Waals surface area contributed by atoms with Crippen molar-refractivity contribution in [2.45, 2.75) is 69.9 Å². The summed E-state index contributed by atoms with van der Waals surface area (Å²) in [7, 11) is 0. The van der Waals surface area contributed by atoms with Gasteiger partial charge in [-0.3, -0.25) is 0 Å². The van der Waals surface area contributed by atoms with Gasteiger partial charge in [-0.1, -0.05) is 6.42 Å². The van der Waals surface area contributed by atoms with Crippen molar-refractivity contribution in [3.8, 4) is 0 Å². The maximum Gasteiger partial charge on any atom is 0.315 e. The summed E-state index contributed by atoms with van der Waals surface area (Å²) in [5.74, 6) is 2.80. The monoisotopic (exact) mass is 280 g/mol. The van der Waals surface area contributed by atoms with Crippen LogP contribution >= 0.6 is 0 Å². The van der Waals surface area contributed by atoms with Gasteiger partial charge in [0, 0.05) is 12.6 Å². The van der Waals surface area contributed by atoms with Gasteiger partial charge < -0.3 is 15.7 Å². The summed E-state index contributed by atoms with van der Waals surface area (Å²) in [6.45, 7) is 0.815. The first-order chi connectivity index (χ1) is 9.70. The molecule has 0 radical (unpaired) electrons. The third-order valence-electron chi connectivity index (χ3n) is 5.72. The van der Waals surface area contributed by atoms with Gasteiger partial charge in [0.25, 0.3) is 0 Å². The second kappa shape index (κ2) is 6.33. The molecule has 0 aliphatic heterocycles. The van der Waals surface area contributed by atoms with E-state index in [4.69, 9.17) is 0 Å². The van der Waals surface area contributed by atoms with Crippen molar-refractivity contribution in [3.63, 3.8) is 0 Å².